The van der Waals surface area contributed by atoms with Crippen LogP contribution in [0.4, 0.5) is 0 Å². The summed E-state index contributed by atoms with van der Waals surface area (Å²) in [5.41, 5.74) is 0. The standard InChI is InChI=1S/C10H14O.C10H16.C7H10O.C6H8O2.C6H10O2.C6H10O.C5H8O2.C4H6O2.8C2H6/c11-10-8-2-6-1-7(4-8)5-9(10)3-6;1-7-2-9-4-8(1)5-10(3-7)6-9;8-7-4-5-1-2-6(7)3-5;7-6-4-1-2-5(3-4)8-6;7-6-4-2-1-3-5-8-6;7-6-4-2-1-3-5-6;6-5-3-1-2-4-7-5;5-4-2-1-3-6-4;8*1-2/h6-9H,1-5H2;7-10H,1-6H2;5-6H,1-4H2;4-5H,1-3H2;1-5H2;1-5H2;1-4H2;1-3H2;8*1-2H3. The van der Waals surface area contributed by atoms with E-state index < -0.39 is 0 Å². The number of fused-ring (bicyclic) bond motifs is 4. The molecule has 4 aliphatic heterocycles. The van der Waals surface area contributed by atoms with Crippen LogP contribution in [0.15, 0.2) is 0 Å². The van der Waals surface area contributed by atoms with E-state index in [1.807, 2.05) is 111 Å². The fourth-order valence-electron chi connectivity index (χ4n) is 14.0. The fraction of sp³-hybridized carbons (Fsp3) is 0.900. The van der Waals surface area contributed by atoms with Crippen LogP contribution in [-0.4, -0.2) is 67.2 Å². The summed E-state index contributed by atoms with van der Waals surface area (Å²) in [6.45, 7) is 33.9. The van der Waals surface area contributed by atoms with Gasteiger partial charge in [-0.15, -0.1) is 0 Å². The zero-order chi connectivity index (χ0) is 61.5. The molecule has 16 aliphatic rings. The van der Waals surface area contributed by atoms with Crippen LogP contribution >= 0.6 is 0 Å². The number of Topliss-reactive ketones (excluding diaryl/α,β-unsaturated/α-hetero) is 3. The molecule has 11 nitrogen and oxygen atoms in total. The quantitative estimate of drug-likeness (QED) is 0.168. The number of hydrogen-bond donors (Lipinski definition) is 0. The van der Waals surface area contributed by atoms with Crippen molar-refractivity contribution in [3.63, 3.8) is 0 Å². The topological polar surface area (TPSA) is 156 Å². The second-order valence-corrected chi connectivity index (χ2v) is 22.3. The van der Waals surface area contributed by atoms with Crippen molar-refractivity contribution in [3.8, 4) is 0 Å². The zero-order valence-electron chi connectivity index (χ0n) is 55.7. The number of esters is 4. The van der Waals surface area contributed by atoms with Gasteiger partial charge in [0.2, 0.25) is 0 Å². The highest BCUT2D eigenvalue weighted by atomic mass is 16.6. The van der Waals surface area contributed by atoms with E-state index in [-0.39, 0.29) is 29.8 Å². The van der Waals surface area contributed by atoms with Gasteiger partial charge in [0.1, 0.15) is 23.5 Å². The first kappa shape index (κ1) is 80.0. The van der Waals surface area contributed by atoms with Gasteiger partial charge in [0.25, 0.3) is 0 Å². The van der Waals surface area contributed by atoms with E-state index >= 15 is 0 Å². The molecule has 16 fully saturated rings. The van der Waals surface area contributed by atoms with Crippen molar-refractivity contribution in [2.24, 2.45) is 65.1 Å². The van der Waals surface area contributed by atoms with Crippen molar-refractivity contribution in [1.29, 1.82) is 0 Å². The van der Waals surface area contributed by atoms with Crippen molar-refractivity contribution in [3.05, 3.63) is 0 Å². The van der Waals surface area contributed by atoms with E-state index in [0.29, 0.717) is 80.3 Å². The number of hydrogen-bond acceptors (Lipinski definition) is 11. The molecule has 0 amide bonds. The van der Waals surface area contributed by atoms with Crippen LogP contribution in [0.5, 0.6) is 0 Å². The number of carbonyl (C=O) groups is 7. The largest absolute Gasteiger partial charge is 0.466 e. The Morgan fingerprint density at radius 2 is 0.630 bits per heavy atom. The van der Waals surface area contributed by atoms with Gasteiger partial charge >= 0.3 is 23.9 Å². The van der Waals surface area contributed by atoms with Gasteiger partial charge in [-0.2, -0.15) is 0 Å². The highest BCUT2D eigenvalue weighted by Gasteiger charge is 2.47. The molecule has 476 valence electrons. The average molecular weight is 1150 g/mol. The minimum Gasteiger partial charge on any atom is -0.466 e. The first-order chi connectivity index (χ1) is 39.5. The highest BCUT2D eigenvalue weighted by Crippen LogP contribution is 2.54. The fourth-order valence-corrected chi connectivity index (χ4v) is 14.0. The lowest BCUT2D eigenvalue weighted by Crippen LogP contribution is -2.45. The molecule has 12 saturated carbocycles. The Morgan fingerprint density at radius 1 is 0.296 bits per heavy atom. The molecule has 12 bridgehead atoms. The summed E-state index contributed by atoms with van der Waals surface area (Å²) in [5, 5.41) is 0. The molecule has 0 spiro atoms. The molecular formula is C70H130O11. The minimum atomic E-state index is -0.0463. The van der Waals surface area contributed by atoms with E-state index in [9.17, 15) is 33.6 Å². The predicted molar refractivity (Wildman–Crippen MR) is 335 cm³/mol. The van der Waals surface area contributed by atoms with E-state index in [4.69, 9.17) is 9.47 Å². The molecule has 81 heavy (non-hydrogen) atoms. The first-order valence-electron chi connectivity index (χ1n) is 34.8. The van der Waals surface area contributed by atoms with Crippen molar-refractivity contribution < 1.29 is 52.5 Å². The van der Waals surface area contributed by atoms with E-state index in [1.165, 1.54) is 81.5 Å². The lowest BCUT2D eigenvalue weighted by atomic mass is 9.56. The maximum Gasteiger partial charge on any atom is 0.309 e. The van der Waals surface area contributed by atoms with Gasteiger partial charge in [0.15, 0.2) is 0 Å². The summed E-state index contributed by atoms with van der Waals surface area (Å²) in [5.74, 6) is 10.7. The Kier molecular flexibility index (Phi) is 50.7. The number of carbonyl (C=O) groups excluding carboxylic acids is 7. The molecule has 4 atom stereocenters. The third-order valence-electron chi connectivity index (χ3n) is 17.0. The van der Waals surface area contributed by atoms with Crippen LogP contribution in [0.25, 0.3) is 0 Å². The third-order valence-corrected chi connectivity index (χ3v) is 17.0. The Hall–Kier alpha value is -3.11. The van der Waals surface area contributed by atoms with Gasteiger partial charge in [-0.05, 0) is 202 Å². The van der Waals surface area contributed by atoms with Gasteiger partial charge in [-0.3, -0.25) is 33.6 Å². The summed E-state index contributed by atoms with van der Waals surface area (Å²) in [7, 11) is 0. The van der Waals surface area contributed by atoms with Crippen molar-refractivity contribution >= 4 is 41.2 Å². The molecule has 4 saturated heterocycles. The molecule has 0 aromatic rings. The minimum absolute atomic E-state index is 0.0255. The van der Waals surface area contributed by atoms with Crippen LogP contribution in [0.3, 0.4) is 0 Å². The van der Waals surface area contributed by atoms with E-state index in [1.54, 1.807) is 38.5 Å². The second-order valence-electron chi connectivity index (χ2n) is 22.3. The van der Waals surface area contributed by atoms with Crippen LogP contribution in [-0.2, 0) is 52.5 Å². The monoisotopic (exact) mass is 1150 g/mol. The molecule has 0 aromatic heterocycles. The number of ketones is 3. The molecule has 0 radical (unpaired) electrons. The maximum absolute atomic E-state index is 11.6. The number of rotatable bonds is 0. The van der Waals surface area contributed by atoms with Gasteiger partial charge in [0.05, 0.1) is 25.7 Å². The average Bonchev–Trinajstić information content (AvgIpc) is 4.54. The van der Waals surface area contributed by atoms with Crippen LogP contribution in [0.1, 0.15) is 316 Å². The smallest absolute Gasteiger partial charge is 0.309 e. The Morgan fingerprint density at radius 3 is 0.889 bits per heavy atom. The zero-order valence-corrected chi connectivity index (χ0v) is 55.7. The van der Waals surface area contributed by atoms with Gasteiger partial charge in [-0.25, -0.2) is 0 Å². The number of cyclic esters (lactones) is 3. The first-order valence-corrected chi connectivity index (χ1v) is 34.8. The molecule has 0 N–H and O–H groups in total. The molecule has 11 heteroatoms. The van der Waals surface area contributed by atoms with E-state index in [2.05, 4.69) is 9.47 Å². The molecule has 16 rings (SSSR count). The Balaban J connectivity index is 0. The Bertz CT molecular complexity index is 1450. The van der Waals surface area contributed by atoms with Crippen LogP contribution < -0.4 is 0 Å². The summed E-state index contributed by atoms with van der Waals surface area (Å²) in [4.78, 5) is 74.2. The van der Waals surface area contributed by atoms with Crippen LogP contribution in [0, 0.1) is 65.1 Å². The van der Waals surface area contributed by atoms with Gasteiger partial charge in [0, 0.05) is 56.3 Å². The van der Waals surface area contributed by atoms with Crippen molar-refractivity contribution in [2.45, 2.75) is 322 Å². The van der Waals surface area contributed by atoms with E-state index in [0.717, 1.165) is 108 Å². The number of ether oxygens (including phenoxy) is 4. The maximum atomic E-state index is 11.6. The predicted octanol–water partition coefficient (Wildman–Crippen LogP) is 18.8. The molecule has 4 unspecified atom stereocenters. The molecule has 12 aliphatic carbocycles. The second kappa shape index (κ2) is 51.3. The summed E-state index contributed by atoms with van der Waals surface area (Å²) in [6.07, 6.45) is 37.5. The van der Waals surface area contributed by atoms with Crippen molar-refractivity contribution in [1.82, 2.24) is 0 Å². The van der Waals surface area contributed by atoms with Crippen LogP contribution in [0.2, 0.25) is 0 Å². The SMILES string of the molecule is C1C2CC3CC1CC(C2)C3.CC.CC.CC.CC.CC.CC.CC.CC.O=C1C2CC3CC(C2)CC1C3.O=C1CC2CCC1C2.O=C1CCCCC1.O=C1CCCCCO1.O=C1CCCCO1.O=C1CCCO1.O=C1OC2CCC1C2. The Labute approximate surface area is 499 Å². The molecule has 0 aromatic carbocycles. The summed E-state index contributed by atoms with van der Waals surface area (Å²) >= 11 is 0. The normalized spacial score (nSPS) is 31.0. The lowest BCUT2D eigenvalue weighted by Gasteiger charge is -2.49. The van der Waals surface area contributed by atoms with Gasteiger partial charge in [-0.1, -0.05) is 117 Å². The lowest BCUT2D eigenvalue weighted by molar-refractivity contribution is -0.148. The van der Waals surface area contributed by atoms with Gasteiger partial charge < -0.3 is 18.9 Å². The molecule has 4 heterocycles. The highest BCUT2D eigenvalue weighted by molar-refractivity contribution is 5.85. The summed E-state index contributed by atoms with van der Waals surface area (Å²) in [6, 6.07) is 0. The van der Waals surface area contributed by atoms with Crippen molar-refractivity contribution in [2.75, 3.05) is 19.8 Å². The third kappa shape index (κ3) is 32.7. The molecular weight excluding hydrogens is 1020 g/mol. The summed E-state index contributed by atoms with van der Waals surface area (Å²) < 4.78 is 18.8.